The van der Waals surface area contributed by atoms with Crippen molar-refractivity contribution in [2.75, 3.05) is 0 Å². The van der Waals surface area contributed by atoms with E-state index in [1.165, 1.54) is 0 Å². The Morgan fingerprint density at radius 2 is 1.67 bits per heavy atom. The van der Waals surface area contributed by atoms with Crippen LogP contribution in [0.2, 0.25) is 0 Å². The Labute approximate surface area is 123 Å². The molecule has 0 spiro atoms. The van der Waals surface area contributed by atoms with Crippen LogP contribution in [0.1, 0.15) is 31.1 Å². The lowest BCUT2D eigenvalue weighted by atomic mass is 10.1. The zero-order valence-electron chi connectivity index (χ0n) is 12.4. The number of fused-ring (bicyclic) bond motifs is 2. The zero-order chi connectivity index (χ0) is 15.0. The first-order valence-corrected chi connectivity index (χ1v) is 6.95. The molecule has 0 saturated carbocycles. The molecule has 0 N–H and O–H groups in total. The molecule has 0 amide bonds. The summed E-state index contributed by atoms with van der Waals surface area (Å²) >= 11 is 0. The van der Waals surface area contributed by atoms with E-state index < -0.39 is 5.60 Å². The number of nitrogens with zero attached hydrogens (tertiary/aromatic N) is 1. The Balaban J connectivity index is 2.07. The number of carbonyl (C=O) groups excluding carboxylic acids is 1. The van der Waals surface area contributed by atoms with E-state index in [1.54, 1.807) is 12.1 Å². The van der Waals surface area contributed by atoms with Crippen molar-refractivity contribution in [2.24, 2.45) is 0 Å². The lowest BCUT2D eigenvalue weighted by Gasteiger charge is -2.19. The van der Waals surface area contributed by atoms with Crippen LogP contribution in [0.3, 0.4) is 0 Å². The third-order valence-electron chi connectivity index (χ3n) is 3.15. The van der Waals surface area contributed by atoms with Crippen molar-refractivity contribution in [2.45, 2.75) is 26.4 Å². The molecular weight excluding hydrogens is 262 g/mol. The van der Waals surface area contributed by atoms with E-state index in [9.17, 15) is 4.79 Å². The molecule has 1 aromatic heterocycles. The van der Waals surface area contributed by atoms with E-state index in [2.05, 4.69) is 11.1 Å². The van der Waals surface area contributed by atoms with Crippen LogP contribution in [0, 0.1) is 0 Å². The van der Waals surface area contributed by atoms with Gasteiger partial charge >= 0.3 is 5.97 Å². The minimum Gasteiger partial charge on any atom is -0.456 e. The number of rotatable bonds is 1. The van der Waals surface area contributed by atoms with Crippen molar-refractivity contribution >= 4 is 27.8 Å². The highest BCUT2D eigenvalue weighted by Gasteiger charge is 2.18. The van der Waals surface area contributed by atoms with Crippen LogP contribution in [0.5, 0.6) is 0 Å². The van der Waals surface area contributed by atoms with Gasteiger partial charge in [-0.15, -0.1) is 0 Å². The van der Waals surface area contributed by atoms with Gasteiger partial charge < -0.3 is 4.74 Å². The second-order valence-electron chi connectivity index (χ2n) is 6.09. The molecule has 0 aliphatic heterocycles. The fourth-order valence-corrected chi connectivity index (χ4v) is 2.24. The summed E-state index contributed by atoms with van der Waals surface area (Å²) in [5.41, 5.74) is 1.76. The normalized spacial score (nSPS) is 11.8. The van der Waals surface area contributed by atoms with E-state index in [0.717, 1.165) is 21.8 Å². The minimum atomic E-state index is -0.497. The van der Waals surface area contributed by atoms with Crippen molar-refractivity contribution in [1.82, 2.24) is 4.98 Å². The number of carbonyl (C=O) groups is 1. The predicted octanol–water partition coefficient (Wildman–Crippen LogP) is 4.34. The molecular formula is C18H17NO2. The molecule has 3 aromatic rings. The van der Waals surface area contributed by atoms with Gasteiger partial charge in [-0.2, -0.15) is 0 Å². The van der Waals surface area contributed by atoms with Crippen molar-refractivity contribution in [3.8, 4) is 0 Å². The predicted molar refractivity (Wildman–Crippen MR) is 84.4 cm³/mol. The van der Waals surface area contributed by atoms with Gasteiger partial charge in [0.25, 0.3) is 0 Å². The molecule has 0 bridgehead atoms. The molecule has 3 heteroatoms. The highest BCUT2D eigenvalue weighted by atomic mass is 16.6. The first-order valence-electron chi connectivity index (χ1n) is 6.95. The summed E-state index contributed by atoms with van der Waals surface area (Å²) in [6.07, 6.45) is 0. The summed E-state index contributed by atoms with van der Waals surface area (Å²) < 4.78 is 5.39. The largest absolute Gasteiger partial charge is 0.456 e. The summed E-state index contributed by atoms with van der Waals surface area (Å²) in [6.45, 7) is 5.58. The molecule has 0 atom stereocenters. The fraction of sp³-hybridized carbons (Fsp3) is 0.222. The summed E-state index contributed by atoms with van der Waals surface area (Å²) in [5.74, 6) is -0.320. The molecule has 0 unspecified atom stereocenters. The quantitative estimate of drug-likeness (QED) is 0.491. The van der Waals surface area contributed by atoms with Crippen LogP contribution in [0.4, 0.5) is 0 Å². The first kappa shape index (κ1) is 13.6. The molecule has 3 nitrogen and oxygen atoms in total. The highest BCUT2D eigenvalue weighted by Crippen LogP contribution is 2.21. The number of pyridine rings is 1. The Morgan fingerprint density at radius 1 is 0.952 bits per heavy atom. The van der Waals surface area contributed by atoms with E-state index in [4.69, 9.17) is 4.74 Å². The third kappa shape index (κ3) is 2.87. The van der Waals surface area contributed by atoms with Gasteiger partial charge in [0, 0.05) is 10.8 Å². The van der Waals surface area contributed by atoms with Crippen LogP contribution in [-0.2, 0) is 4.74 Å². The Hall–Kier alpha value is -2.42. The number of para-hydroxylation sites is 1. The van der Waals surface area contributed by atoms with Gasteiger partial charge in [0.05, 0.1) is 16.6 Å². The maximum Gasteiger partial charge on any atom is 0.338 e. The smallest absolute Gasteiger partial charge is 0.338 e. The monoisotopic (exact) mass is 279 g/mol. The first-order chi connectivity index (χ1) is 9.92. The average Bonchev–Trinajstić information content (AvgIpc) is 2.42. The van der Waals surface area contributed by atoms with E-state index >= 15 is 0 Å². The van der Waals surface area contributed by atoms with Gasteiger partial charge in [-0.25, -0.2) is 9.78 Å². The number of ether oxygens (including phenoxy) is 1. The lowest BCUT2D eigenvalue weighted by molar-refractivity contribution is 0.00697. The van der Waals surface area contributed by atoms with Gasteiger partial charge in [0.2, 0.25) is 0 Å². The molecule has 1 heterocycles. The molecule has 0 saturated heterocycles. The standard InChI is InChI=1S/C18H17NO2/c1-18(2,3)21-17(20)14-9-8-13-10-12-6-4-5-7-15(12)19-16(13)11-14/h4-11H,1-3H3. The Morgan fingerprint density at radius 3 is 2.43 bits per heavy atom. The number of hydrogen-bond donors (Lipinski definition) is 0. The second kappa shape index (κ2) is 4.85. The molecule has 106 valence electrons. The molecule has 21 heavy (non-hydrogen) atoms. The van der Waals surface area contributed by atoms with Gasteiger partial charge in [0.15, 0.2) is 0 Å². The van der Waals surface area contributed by atoms with E-state index in [0.29, 0.717) is 5.56 Å². The highest BCUT2D eigenvalue weighted by molar-refractivity contribution is 5.98. The molecule has 0 aliphatic carbocycles. The lowest BCUT2D eigenvalue weighted by Crippen LogP contribution is -2.23. The van der Waals surface area contributed by atoms with Gasteiger partial charge in [-0.3, -0.25) is 0 Å². The van der Waals surface area contributed by atoms with Gasteiger partial charge in [-0.1, -0.05) is 24.3 Å². The number of benzene rings is 2. The van der Waals surface area contributed by atoms with E-state index in [-0.39, 0.29) is 5.97 Å². The van der Waals surface area contributed by atoms with Crippen LogP contribution < -0.4 is 0 Å². The minimum absolute atomic E-state index is 0.320. The number of esters is 1. The molecule has 2 aromatic carbocycles. The average molecular weight is 279 g/mol. The van der Waals surface area contributed by atoms with E-state index in [1.807, 2.05) is 51.1 Å². The van der Waals surface area contributed by atoms with Crippen LogP contribution >= 0.6 is 0 Å². The zero-order valence-corrected chi connectivity index (χ0v) is 12.4. The summed E-state index contributed by atoms with van der Waals surface area (Å²) in [6, 6.07) is 15.5. The summed E-state index contributed by atoms with van der Waals surface area (Å²) in [7, 11) is 0. The number of hydrogen-bond acceptors (Lipinski definition) is 3. The molecule has 3 rings (SSSR count). The van der Waals surface area contributed by atoms with Crippen molar-refractivity contribution in [3.63, 3.8) is 0 Å². The maximum absolute atomic E-state index is 12.1. The second-order valence-corrected chi connectivity index (χ2v) is 6.09. The van der Waals surface area contributed by atoms with Crippen molar-refractivity contribution < 1.29 is 9.53 Å². The van der Waals surface area contributed by atoms with Crippen molar-refractivity contribution in [3.05, 3.63) is 54.1 Å². The maximum atomic E-state index is 12.1. The Bertz CT molecular complexity index is 831. The summed E-state index contributed by atoms with van der Waals surface area (Å²) in [4.78, 5) is 16.7. The molecule has 0 radical (unpaired) electrons. The third-order valence-corrected chi connectivity index (χ3v) is 3.15. The number of aromatic nitrogens is 1. The molecule has 0 fully saturated rings. The van der Waals surface area contributed by atoms with Gasteiger partial charge in [0.1, 0.15) is 5.60 Å². The van der Waals surface area contributed by atoms with Crippen LogP contribution in [-0.4, -0.2) is 16.6 Å². The topological polar surface area (TPSA) is 39.2 Å². The molecule has 0 aliphatic rings. The van der Waals surface area contributed by atoms with Crippen molar-refractivity contribution in [1.29, 1.82) is 0 Å². The SMILES string of the molecule is CC(C)(C)OC(=O)c1ccc2cc3ccccc3nc2c1. The Kier molecular flexibility index (Phi) is 3.13. The summed E-state index contributed by atoms with van der Waals surface area (Å²) in [5, 5.41) is 2.11. The van der Waals surface area contributed by atoms with Gasteiger partial charge in [-0.05, 0) is 45.0 Å². The van der Waals surface area contributed by atoms with Crippen LogP contribution in [0.15, 0.2) is 48.5 Å². The fourth-order valence-electron chi connectivity index (χ4n) is 2.24. The van der Waals surface area contributed by atoms with Crippen LogP contribution in [0.25, 0.3) is 21.8 Å².